The number of carbonyl (C=O) groups is 2. The molecule has 0 aromatic rings. The van der Waals surface area contributed by atoms with Gasteiger partial charge in [-0.15, -0.1) is 12.4 Å². The van der Waals surface area contributed by atoms with Crippen LogP contribution >= 0.6 is 12.4 Å². The van der Waals surface area contributed by atoms with E-state index in [2.05, 4.69) is 5.32 Å². The fourth-order valence-electron chi connectivity index (χ4n) is 2.34. The largest absolute Gasteiger partial charge is 0.378 e. The molecule has 7 nitrogen and oxygen atoms in total. The highest BCUT2D eigenvalue weighted by Gasteiger charge is 2.29. The van der Waals surface area contributed by atoms with Gasteiger partial charge in [-0.25, -0.2) is 0 Å². The molecule has 0 aliphatic carbocycles. The summed E-state index contributed by atoms with van der Waals surface area (Å²) in [5, 5.41) is 3.15. The number of hydrogen-bond acceptors (Lipinski definition) is 5. The maximum absolute atomic E-state index is 12.2. The van der Waals surface area contributed by atoms with Gasteiger partial charge in [0, 0.05) is 39.8 Å². The van der Waals surface area contributed by atoms with Gasteiger partial charge in [-0.1, -0.05) is 0 Å². The summed E-state index contributed by atoms with van der Waals surface area (Å²) in [6.45, 7) is 4.20. The summed E-state index contributed by atoms with van der Waals surface area (Å²) >= 11 is 0. The number of piperazine rings is 1. The third-order valence-corrected chi connectivity index (χ3v) is 3.43. The standard InChI is InChI=1S/C12H21N3O4.ClH/c1-18-9-11(16)14-3-5-15(6-4-14)12(17)10-8-19-7-2-13-10;/h10,13H,2-9H2,1H3;1H. The third-order valence-electron chi connectivity index (χ3n) is 3.43. The van der Waals surface area contributed by atoms with E-state index in [1.807, 2.05) is 0 Å². The number of carbonyl (C=O) groups excluding carboxylic acids is 2. The first-order valence-electron chi connectivity index (χ1n) is 6.59. The molecule has 2 aliphatic rings. The molecule has 2 heterocycles. The molecule has 20 heavy (non-hydrogen) atoms. The molecule has 2 aliphatic heterocycles. The second-order valence-electron chi connectivity index (χ2n) is 4.72. The molecule has 2 amide bonds. The Morgan fingerprint density at radius 1 is 1.25 bits per heavy atom. The van der Waals surface area contributed by atoms with E-state index in [-0.39, 0.29) is 36.9 Å². The van der Waals surface area contributed by atoms with Gasteiger partial charge in [0.25, 0.3) is 0 Å². The van der Waals surface area contributed by atoms with Crippen molar-refractivity contribution in [2.45, 2.75) is 6.04 Å². The van der Waals surface area contributed by atoms with Crippen molar-refractivity contribution >= 4 is 24.2 Å². The van der Waals surface area contributed by atoms with Gasteiger partial charge in [-0.3, -0.25) is 9.59 Å². The summed E-state index contributed by atoms with van der Waals surface area (Å²) in [5.74, 6) is 0.0484. The zero-order chi connectivity index (χ0) is 13.7. The maximum Gasteiger partial charge on any atom is 0.248 e. The molecule has 1 atom stereocenters. The number of nitrogens with zero attached hydrogens (tertiary/aromatic N) is 2. The second kappa shape index (κ2) is 8.41. The van der Waals surface area contributed by atoms with Gasteiger partial charge in [0.1, 0.15) is 12.6 Å². The van der Waals surface area contributed by atoms with E-state index < -0.39 is 0 Å². The normalized spacial score (nSPS) is 23.1. The number of nitrogens with one attached hydrogen (secondary N) is 1. The maximum atomic E-state index is 12.2. The second-order valence-corrected chi connectivity index (χ2v) is 4.72. The van der Waals surface area contributed by atoms with Crippen molar-refractivity contribution in [3.63, 3.8) is 0 Å². The summed E-state index contributed by atoms with van der Waals surface area (Å²) in [7, 11) is 1.51. The van der Waals surface area contributed by atoms with Crippen LogP contribution in [0.4, 0.5) is 0 Å². The van der Waals surface area contributed by atoms with Gasteiger partial charge in [-0.05, 0) is 0 Å². The number of hydrogen-bond donors (Lipinski definition) is 1. The lowest BCUT2D eigenvalue weighted by Crippen LogP contribution is -2.58. The molecule has 0 saturated carbocycles. The van der Waals surface area contributed by atoms with Crippen LogP contribution in [0.15, 0.2) is 0 Å². The van der Waals surface area contributed by atoms with Crippen LogP contribution in [0.5, 0.6) is 0 Å². The number of rotatable bonds is 3. The van der Waals surface area contributed by atoms with E-state index in [0.717, 1.165) is 0 Å². The Kier molecular flexibility index (Phi) is 7.22. The van der Waals surface area contributed by atoms with Crippen LogP contribution in [0.25, 0.3) is 0 Å². The number of methoxy groups -OCH3 is 1. The van der Waals surface area contributed by atoms with E-state index in [1.54, 1.807) is 9.80 Å². The van der Waals surface area contributed by atoms with Crippen molar-refractivity contribution in [1.82, 2.24) is 15.1 Å². The molecule has 8 heteroatoms. The number of morpholine rings is 1. The van der Waals surface area contributed by atoms with E-state index >= 15 is 0 Å². The van der Waals surface area contributed by atoms with Gasteiger partial charge in [0.15, 0.2) is 0 Å². The summed E-state index contributed by atoms with van der Waals surface area (Å²) in [5.41, 5.74) is 0. The lowest BCUT2D eigenvalue weighted by molar-refractivity contribution is -0.144. The average molecular weight is 308 g/mol. The minimum atomic E-state index is -0.241. The van der Waals surface area contributed by atoms with Crippen molar-refractivity contribution in [3.8, 4) is 0 Å². The van der Waals surface area contributed by atoms with E-state index in [4.69, 9.17) is 9.47 Å². The smallest absolute Gasteiger partial charge is 0.248 e. The molecule has 2 rings (SSSR count). The van der Waals surface area contributed by atoms with E-state index in [1.165, 1.54) is 7.11 Å². The average Bonchev–Trinajstić information content (AvgIpc) is 2.48. The third kappa shape index (κ3) is 4.31. The molecule has 0 radical (unpaired) electrons. The first-order valence-corrected chi connectivity index (χ1v) is 6.59. The van der Waals surface area contributed by atoms with Crippen LogP contribution in [0, 0.1) is 0 Å². The molecule has 0 aromatic heterocycles. The van der Waals surface area contributed by atoms with E-state index in [0.29, 0.717) is 45.9 Å². The van der Waals surface area contributed by atoms with Gasteiger partial charge in [-0.2, -0.15) is 0 Å². The molecular weight excluding hydrogens is 286 g/mol. The molecule has 0 aromatic carbocycles. The number of halogens is 1. The fraction of sp³-hybridized carbons (Fsp3) is 0.833. The molecule has 116 valence electrons. The van der Waals surface area contributed by atoms with Crippen LogP contribution in [0.1, 0.15) is 0 Å². The molecule has 2 saturated heterocycles. The molecule has 0 spiro atoms. The van der Waals surface area contributed by atoms with Crippen molar-refractivity contribution in [2.75, 3.05) is 59.7 Å². The van der Waals surface area contributed by atoms with Gasteiger partial charge in [0.05, 0.1) is 13.2 Å². The quantitative estimate of drug-likeness (QED) is 0.703. The predicted molar refractivity (Wildman–Crippen MR) is 74.9 cm³/mol. The van der Waals surface area contributed by atoms with Crippen LogP contribution in [-0.4, -0.2) is 87.3 Å². The van der Waals surface area contributed by atoms with Crippen molar-refractivity contribution in [2.24, 2.45) is 0 Å². The first kappa shape index (κ1) is 17.2. The Hall–Kier alpha value is -0.890. The summed E-state index contributed by atoms with van der Waals surface area (Å²) in [6, 6.07) is -0.241. The van der Waals surface area contributed by atoms with Crippen molar-refractivity contribution < 1.29 is 19.1 Å². The Balaban J connectivity index is 0.00000200. The number of amides is 2. The Morgan fingerprint density at radius 2 is 1.90 bits per heavy atom. The Labute approximate surface area is 125 Å². The Morgan fingerprint density at radius 3 is 2.45 bits per heavy atom. The van der Waals surface area contributed by atoms with Gasteiger partial charge < -0.3 is 24.6 Å². The van der Waals surface area contributed by atoms with Crippen LogP contribution in [-0.2, 0) is 19.1 Å². The lowest BCUT2D eigenvalue weighted by atomic mass is 10.2. The van der Waals surface area contributed by atoms with Crippen LogP contribution in [0.3, 0.4) is 0 Å². The lowest BCUT2D eigenvalue weighted by Gasteiger charge is -2.37. The van der Waals surface area contributed by atoms with Gasteiger partial charge in [0.2, 0.25) is 11.8 Å². The minimum absolute atomic E-state index is 0. The highest BCUT2D eigenvalue weighted by atomic mass is 35.5. The van der Waals surface area contributed by atoms with Crippen LogP contribution < -0.4 is 5.32 Å². The monoisotopic (exact) mass is 307 g/mol. The SMILES string of the molecule is COCC(=O)N1CCN(C(=O)C2COCCN2)CC1.Cl. The first-order chi connectivity index (χ1) is 9.22. The number of ether oxygens (including phenoxy) is 2. The predicted octanol–water partition coefficient (Wildman–Crippen LogP) is -1.29. The Bertz CT molecular complexity index is 329. The summed E-state index contributed by atoms with van der Waals surface area (Å²) in [6.07, 6.45) is 0. The zero-order valence-electron chi connectivity index (χ0n) is 11.7. The van der Waals surface area contributed by atoms with Crippen LogP contribution in [0.2, 0.25) is 0 Å². The van der Waals surface area contributed by atoms with Gasteiger partial charge >= 0.3 is 0 Å². The summed E-state index contributed by atoms with van der Waals surface area (Å²) < 4.78 is 10.1. The molecule has 2 fully saturated rings. The molecule has 1 unspecified atom stereocenters. The molecule has 0 bridgehead atoms. The van der Waals surface area contributed by atoms with E-state index in [9.17, 15) is 9.59 Å². The fourth-order valence-corrected chi connectivity index (χ4v) is 2.34. The van der Waals surface area contributed by atoms with Crippen molar-refractivity contribution in [1.29, 1.82) is 0 Å². The minimum Gasteiger partial charge on any atom is -0.378 e. The highest BCUT2D eigenvalue weighted by molar-refractivity contribution is 5.85. The van der Waals surface area contributed by atoms with Crippen molar-refractivity contribution in [3.05, 3.63) is 0 Å². The topological polar surface area (TPSA) is 71.1 Å². The molecular formula is C12H22ClN3O4. The highest BCUT2D eigenvalue weighted by Crippen LogP contribution is 2.06. The molecule has 1 N–H and O–H groups in total. The zero-order valence-corrected chi connectivity index (χ0v) is 12.5. The summed E-state index contributed by atoms with van der Waals surface area (Å²) in [4.78, 5) is 27.4.